The first-order chi connectivity index (χ1) is 15.8. The highest BCUT2D eigenvalue weighted by molar-refractivity contribution is 9.10. The number of nitrogens with one attached hydrogen (secondary N) is 1. The number of urea groups is 1. The lowest BCUT2D eigenvalue weighted by atomic mass is 10.1. The highest BCUT2D eigenvalue weighted by Crippen LogP contribution is 2.29. The van der Waals surface area contributed by atoms with E-state index in [9.17, 15) is 23.2 Å². The third-order valence-corrected chi connectivity index (χ3v) is 5.40. The van der Waals surface area contributed by atoms with Crippen molar-refractivity contribution in [1.29, 1.82) is 0 Å². The number of halogens is 3. The second-order valence-corrected chi connectivity index (χ2v) is 7.86. The minimum atomic E-state index is -0.967. The molecule has 0 atom stereocenters. The first-order valence-electron chi connectivity index (χ1n) is 9.66. The van der Waals surface area contributed by atoms with Gasteiger partial charge >= 0.3 is 6.03 Å². The molecule has 0 radical (unpaired) electrons. The van der Waals surface area contributed by atoms with Gasteiger partial charge in [-0.3, -0.25) is 14.9 Å². The fourth-order valence-corrected chi connectivity index (χ4v) is 3.68. The van der Waals surface area contributed by atoms with Crippen molar-refractivity contribution in [1.82, 2.24) is 5.32 Å². The Hall–Kier alpha value is -3.85. The quantitative estimate of drug-likeness (QED) is 0.386. The molecule has 4 amide bonds. The van der Waals surface area contributed by atoms with E-state index in [1.54, 1.807) is 36.4 Å². The maximum Gasteiger partial charge on any atom is 0.335 e. The van der Waals surface area contributed by atoms with E-state index < -0.39 is 23.7 Å². The summed E-state index contributed by atoms with van der Waals surface area (Å²) in [5.41, 5.74) is 0.550. The smallest absolute Gasteiger partial charge is 0.335 e. The van der Waals surface area contributed by atoms with Gasteiger partial charge in [0.05, 0.1) is 10.2 Å². The largest absolute Gasteiger partial charge is 0.488 e. The molecule has 166 valence electrons. The number of carbonyl (C=O) groups is 3. The van der Waals surface area contributed by atoms with E-state index in [1.807, 2.05) is 0 Å². The zero-order valence-corrected chi connectivity index (χ0v) is 18.4. The maximum absolute atomic E-state index is 13.8. The molecule has 0 aliphatic carbocycles. The Morgan fingerprint density at radius 1 is 0.970 bits per heavy atom. The van der Waals surface area contributed by atoms with Gasteiger partial charge in [0.2, 0.25) is 0 Å². The predicted octanol–water partition coefficient (Wildman–Crippen LogP) is 4.97. The summed E-state index contributed by atoms with van der Waals surface area (Å²) in [6.07, 6.45) is 1.31. The summed E-state index contributed by atoms with van der Waals surface area (Å²) < 4.78 is 33.5. The molecule has 33 heavy (non-hydrogen) atoms. The molecule has 0 saturated carbocycles. The van der Waals surface area contributed by atoms with E-state index in [0.29, 0.717) is 26.2 Å². The molecule has 6 nitrogen and oxygen atoms in total. The minimum absolute atomic E-state index is 0.00558. The van der Waals surface area contributed by atoms with Crippen LogP contribution in [0, 0.1) is 11.6 Å². The van der Waals surface area contributed by atoms with Crippen LogP contribution in [0.4, 0.5) is 19.3 Å². The molecule has 1 aliphatic heterocycles. The van der Waals surface area contributed by atoms with Crippen LogP contribution in [0.5, 0.6) is 5.75 Å². The summed E-state index contributed by atoms with van der Waals surface area (Å²) >= 11 is 3.36. The van der Waals surface area contributed by atoms with Crippen molar-refractivity contribution in [2.45, 2.75) is 6.61 Å². The molecule has 0 spiro atoms. The van der Waals surface area contributed by atoms with Crippen molar-refractivity contribution < 1.29 is 27.9 Å². The summed E-state index contributed by atoms with van der Waals surface area (Å²) in [7, 11) is 0. The molecule has 1 saturated heterocycles. The fraction of sp³-hybridized carbons (Fsp3) is 0.0417. The SMILES string of the molecule is O=C1NC(=O)N(c2cccc(F)c2)C(=O)/C1=C/c1ccc(OCc2ccccc2F)c(Br)c1. The molecule has 1 heterocycles. The molecule has 0 bridgehead atoms. The number of barbiturate groups is 1. The molecule has 1 fully saturated rings. The van der Waals surface area contributed by atoms with Gasteiger partial charge in [-0.25, -0.2) is 18.5 Å². The van der Waals surface area contributed by atoms with E-state index in [2.05, 4.69) is 21.2 Å². The fourth-order valence-electron chi connectivity index (χ4n) is 3.17. The number of ether oxygens (including phenoxy) is 1. The lowest BCUT2D eigenvalue weighted by molar-refractivity contribution is -0.122. The lowest BCUT2D eigenvalue weighted by Crippen LogP contribution is -2.54. The van der Waals surface area contributed by atoms with Gasteiger partial charge in [0.15, 0.2) is 0 Å². The molecule has 1 aliphatic rings. The summed E-state index contributed by atoms with van der Waals surface area (Å²) in [6, 6.07) is 15.0. The van der Waals surface area contributed by atoms with Gasteiger partial charge in [-0.05, 0) is 64.0 Å². The third-order valence-electron chi connectivity index (χ3n) is 4.78. The zero-order chi connectivity index (χ0) is 23.5. The number of imide groups is 2. The minimum Gasteiger partial charge on any atom is -0.488 e. The predicted molar refractivity (Wildman–Crippen MR) is 120 cm³/mol. The Labute approximate surface area is 195 Å². The number of carbonyl (C=O) groups excluding carboxylic acids is 3. The monoisotopic (exact) mass is 512 g/mol. The second kappa shape index (κ2) is 9.33. The molecule has 4 rings (SSSR count). The summed E-state index contributed by atoms with van der Waals surface area (Å²) in [4.78, 5) is 38.1. The Kier molecular flexibility index (Phi) is 6.32. The van der Waals surface area contributed by atoms with Gasteiger partial charge in [0.1, 0.15) is 29.6 Å². The van der Waals surface area contributed by atoms with Crippen molar-refractivity contribution in [3.63, 3.8) is 0 Å². The molecule has 1 N–H and O–H groups in total. The molecule has 3 aromatic carbocycles. The summed E-state index contributed by atoms with van der Waals surface area (Å²) in [5.74, 6) is -2.34. The van der Waals surface area contributed by atoms with Crippen LogP contribution in [-0.2, 0) is 16.2 Å². The standard InChI is InChI=1S/C24H15BrF2N2O4/c25-19-11-14(8-9-21(19)33-13-15-4-1-2-7-20(15)27)10-18-22(30)28-24(32)29(23(18)31)17-6-3-5-16(26)12-17/h1-12H,13H2,(H,28,30,32)/b18-10+. The van der Waals surface area contributed by atoms with Crippen LogP contribution in [0.25, 0.3) is 6.08 Å². The van der Waals surface area contributed by atoms with Crippen LogP contribution >= 0.6 is 15.9 Å². The topological polar surface area (TPSA) is 75.7 Å². The van der Waals surface area contributed by atoms with Gasteiger partial charge in [-0.15, -0.1) is 0 Å². The van der Waals surface area contributed by atoms with Crippen molar-refractivity contribution in [3.05, 3.63) is 99.5 Å². The van der Waals surface area contributed by atoms with Crippen LogP contribution in [0.2, 0.25) is 0 Å². The Morgan fingerprint density at radius 3 is 2.48 bits per heavy atom. The first-order valence-corrected chi connectivity index (χ1v) is 10.5. The van der Waals surface area contributed by atoms with Crippen molar-refractivity contribution in [2.75, 3.05) is 4.90 Å². The van der Waals surface area contributed by atoms with E-state index in [1.165, 1.54) is 30.3 Å². The average molecular weight is 513 g/mol. The Bertz CT molecular complexity index is 1310. The highest BCUT2D eigenvalue weighted by Gasteiger charge is 2.36. The van der Waals surface area contributed by atoms with E-state index in [4.69, 9.17) is 4.74 Å². The number of hydrogen-bond donors (Lipinski definition) is 1. The normalized spacial score (nSPS) is 15.1. The van der Waals surface area contributed by atoms with Crippen molar-refractivity contribution in [3.8, 4) is 5.75 Å². The number of nitrogens with zero attached hydrogens (tertiary/aromatic N) is 1. The number of benzene rings is 3. The second-order valence-electron chi connectivity index (χ2n) is 7.01. The van der Waals surface area contributed by atoms with E-state index in [-0.39, 0.29) is 23.7 Å². The van der Waals surface area contributed by atoms with Crippen LogP contribution < -0.4 is 15.0 Å². The molecular weight excluding hydrogens is 498 g/mol. The lowest BCUT2D eigenvalue weighted by Gasteiger charge is -2.26. The molecule has 0 aromatic heterocycles. The Morgan fingerprint density at radius 2 is 1.76 bits per heavy atom. The van der Waals surface area contributed by atoms with Crippen LogP contribution in [0.1, 0.15) is 11.1 Å². The van der Waals surface area contributed by atoms with Gasteiger partial charge in [0, 0.05) is 5.56 Å². The summed E-state index contributed by atoms with van der Waals surface area (Å²) in [6.45, 7) is 0.0112. The van der Waals surface area contributed by atoms with Crippen LogP contribution in [0.15, 0.2) is 76.8 Å². The van der Waals surface area contributed by atoms with Crippen LogP contribution in [-0.4, -0.2) is 17.8 Å². The molecule has 9 heteroatoms. The van der Waals surface area contributed by atoms with Gasteiger partial charge in [0.25, 0.3) is 11.8 Å². The molecular formula is C24H15BrF2N2O4. The van der Waals surface area contributed by atoms with Crippen LogP contribution in [0.3, 0.4) is 0 Å². The molecule has 3 aromatic rings. The van der Waals surface area contributed by atoms with E-state index >= 15 is 0 Å². The molecule has 0 unspecified atom stereocenters. The highest BCUT2D eigenvalue weighted by atomic mass is 79.9. The van der Waals surface area contributed by atoms with Gasteiger partial charge in [-0.2, -0.15) is 0 Å². The number of amides is 4. The number of hydrogen-bond acceptors (Lipinski definition) is 4. The average Bonchev–Trinajstić information content (AvgIpc) is 2.77. The number of rotatable bonds is 5. The van der Waals surface area contributed by atoms with Crippen molar-refractivity contribution in [2.24, 2.45) is 0 Å². The van der Waals surface area contributed by atoms with Gasteiger partial charge in [-0.1, -0.05) is 30.3 Å². The zero-order valence-electron chi connectivity index (χ0n) is 16.8. The Balaban J connectivity index is 1.57. The number of anilines is 1. The summed E-state index contributed by atoms with van der Waals surface area (Å²) in [5, 5.41) is 2.08. The maximum atomic E-state index is 13.8. The van der Waals surface area contributed by atoms with Gasteiger partial charge < -0.3 is 4.74 Å². The van der Waals surface area contributed by atoms with E-state index in [0.717, 1.165) is 6.07 Å². The first kappa shape index (κ1) is 22.3. The third kappa shape index (κ3) is 4.83. The van der Waals surface area contributed by atoms with Crippen molar-refractivity contribution >= 4 is 45.5 Å².